The smallest absolute Gasteiger partial charge is 0.231 e. The molecule has 8 unspecified atom stereocenters. The Hall–Kier alpha value is -3.94. The van der Waals surface area contributed by atoms with Crippen LogP contribution in [0.2, 0.25) is 0 Å². The summed E-state index contributed by atoms with van der Waals surface area (Å²) in [5, 5.41) is 6.21. The van der Waals surface area contributed by atoms with Crippen LogP contribution in [0.3, 0.4) is 0 Å². The molecule has 10 rings (SSSR count). The lowest BCUT2D eigenvalue weighted by atomic mass is 9.33. The Morgan fingerprint density at radius 2 is 1.02 bits per heavy atom. The summed E-state index contributed by atoms with van der Waals surface area (Å²) in [7, 11) is 0. The van der Waals surface area contributed by atoms with Gasteiger partial charge in [-0.05, 0) is 133 Å². The fourth-order valence-corrected chi connectivity index (χ4v) is 11.5. The summed E-state index contributed by atoms with van der Waals surface area (Å²) in [5.74, 6) is 8.95. The first-order chi connectivity index (χ1) is 23.5. The highest BCUT2D eigenvalue weighted by Gasteiger charge is 2.67. The van der Waals surface area contributed by atoms with Gasteiger partial charge in [0.15, 0.2) is 23.0 Å². The van der Waals surface area contributed by atoms with E-state index in [2.05, 4.69) is 59.2 Å². The lowest BCUT2D eigenvalue weighted by Gasteiger charge is -2.71. The topological polar surface area (TPSA) is 95.1 Å². The van der Waals surface area contributed by atoms with Crippen LogP contribution >= 0.6 is 0 Å². The maximum Gasteiger partial charge on any atom is 0.231 e. The number of nitrogens with one attached hydrogen (secondary N) is 2. The molecule has 2 N–H and O–H groups in total. The highest BCUT2D eigenvalue weighted by molar-refractivity contribution is 5.77. The number of carbonyl (C=O) groups is 2. The van der Waals surface area contributed by atoms with Crippen LogP contribution in [0.15, 0.2) is 60.7 Å². The zero-order chi connectivity index (χ0) is 32.5. The van der Waals surface area contributed by atoms with Crippen molar-refractivity contribution >= 4 is 11.8 Å². The van der Waals surface area contributed by atoms with E-state index in [0.717, 1.165) is 35.8 Å². The summed E-state index contributed by atoms with van der Waals surface area (Å²) in [6.07, 6.45) is 13.2. The molecule has 8 heteroatoms. The Balaban J connectivity index is 1.01. The Kier molecular flexibility index (Phi) is 7.46. The van der Waals surface area contributed by atoms with Crippen LogP contribution in [-0.4, -0.2) is 38.5 Å². The van der Waals surface area contributed by atoms with Crippen LogP contribution in [-0.2, 0) is 22.4 Å². The molecule has 2 aliphatic heterocycles. The first-order valence-electron chi connectivity index (χ1n) is 18.2. The Morgan fingerprint density at radius 3 is 1.62 bits per heavy atom. The van der Waals surface area contributed by atoms with E-state index in [1.807, 2.05) is 26.0 Å². The van der Waals surface area contributed by atoms with Gasteiger partial charge in [0.05, 0.1) is 0 Å². The van der Waals surface area contributed by atoms with Crippen LogP contribution in [0, 0.1) is 71.0 Å². The van der Waals surface area contributed by atoms with Crippen molar-refractivity contribution < 1.29 is 28.5 Å². The normalized spacial score (nSPS) is 36.7. The number of benzene rings is 2. The molecule has 252 valence electrons. The highest BCUT2D eigenvalue weighted by atomic mass is 16.7. The van der Waals surface area contributed by atoms with E-state index in [9.17, 15) is 9.59 Å². The van der Waals surface area contributed by atoms with E-state index in [4.69, 9.17) is 18.9 Å². The summed E-state index contributed by atoms with van der Waals surface area (Å²) in [4.78, 5) is 26.4. The second kappa shape index (κ2) is 11.9. The summed E-state index contributed by atoms with van der Waals surface area (Å²) >= 11 is 0. The van der Waals surface area contributed by atoms with E-state index >= 15 is 0 Å². The van der Waals surface area contributed by atoms with Crippen molar-refractivity contribution in [2.24, 2.45) is 71.0 Å². The van der Waals surface area contributed by atoms with Crippen molar-refractivity contribution in [3.63, 3.8) is 0 Å². The zero-order valence-electron chi connectivity index (χ0n) is 27.8. The van der Waals surface area contributed by atoms with Gasteiger partial charge in [-0.1, -0.05) is 36.4 Å². The van der Waals surface area contributed by atoms with Gasteiger partial charge < -0.3 is 29.6 Å². The Labute approximate surface area is 282 Å². The molecule has 0 saturated heterocycles. The van der Waals surface area contributed by atoms with Crippen LogP contribution in [0.25, 0.3) is 0 Å². The molecule has 2 aromatic rings. The van der Waals surface area contributed by atoms with Gasteiger partial charge in [-0.25, -0.2) is 0 Å². The molecule has 0 aromatic heterocycles. The second-order valence-corrected chi connectivity index (χ2v) is 15.1. The largest absolute Gasteiger partial charge is 0.454 e. The van der Waals surface area contributed by atoms with Crippen molar-refractivity contribution in [2.45, 2.75) is 39.5 Å². The van der Waals surface area contributed by atoms with Crippen molar-refractivity contribution in [3.8, 4) is 23.0 Å². The summed E-state index contributed by atoms with van der Waals surface area (Å²) in [6.45, 7) is 5.86. The van der Waals surface area contributed by atoms with Gasteiger partial charge in [0.1, 0.15) is 0 Å². The predicted molar refractivity (Wildman–Crippen MR) is 179 cm³/mol. The van der Waals surface area contributed by atoms with E-state index < -0.39 is 0 Å². The van der Waals surface area contributed by atoms with E-state index in [0.29, 0.717) is 96.9 Å². The number of allylic oxidation sites excluding steroid dienone is 4. The third kappa shape index (κ3) is 4.76. The molecular formula is C40H46N2O6. The lowest BCUT2D eigenvalue weighted by molar-refractivity contribution is -0.191. The highest BCUT2D eigenvalue weighted by Crippen LogP contribution is 2.71. The van der Waals surface area contributed by atoms with Gasteiger partial charge >= 0.3 is 0 Å². The molecule has 2 heterocycles. The van der Waals surface area contributed by atoms with Gasteiger partial charge in [0.2, 0.25) is 25.4 Å². The molecular weight excluding hydrogens is 604 g/mol. The predicted octanol–water partition coefficient (Wildman–Crippen LogP) is 5.56. The molecule has 2 amide bonds. The van der Waals surface area contributed by atoms with Gasteiger partial charge in [0.25, 0.3) is 0 Å². The minimum atomic E-state index is 0.165. The van der Waals surface area contributed by atoms with Crippen LogP contribution < -0.4 is 29.6 Å². The first kappa shape index (κ1) is 30.1. The maximum atomic E-state index is 13.2. The molecule has 2 bridgehead atoms. The third-order valence-corrected chi connectivity index (χ3v) is 13.2. The van der Waals surface area contributed by atoms with Crippen LogP contribution in [0.1, 0.15) is 37.8 Å². The van der Waals surface area contributed by atoms with Gasteiger partial charge in [0, 0.05) is 25.9 Å². The van der Waals surface area contributed by atoms with E-state index in [1.165, 1.54) is 11.1 Å². The molecule has 2 aromatic carbocycles. The molecule has 8 nitrogen and oxygen atoms in total. The van der Waals surface area contributed by atoms with Gasteiger partial charge in [-0.2, -0.15) is 0 Å². The number of ether oxygens (including phenoxy) is 4. The van der Waals surface area contributed by atoms with Crippen molar-refractivity contribution in [2.75, 3.05) is 26.7 Å². The lowest BCUT2D eigenvalue weighted by Crippen LogP contribution is -2.67. The average molecular weight is 651 g/mol. The van der Waals surface area contributed by atoms with Crippen molar-refractivity contribution in [1.29, 1.82) is 0 Å². The summed E-state index contributed by atoms with van der Waals surface area (Å²) in [5.41, 5.74) is 2.51. The Bertz CT molecular complexity index is 1670. The molecule has 0 radical (unpaired) electrons. The van der Waals surface area contributed by atoms with E-state index in [1.54, 1.807) is 0 Å². The van der Waals surface area contributed by atoms with Gasteiger partial charge in [-0.15, -0.1) is 0 Å². The molecule has 3 fully saturated rings. The number of fused-ring (bicyclic) bond motifs is 3. The fourth-order valence-electron chi connectivity index (χ4n) is 11.5. The van der Waals surface area contributed by atoms with Crippen molar-refractivity contribution in [1.82, 2.24) is 10.6 Å². The van der Waals surface area contributed by atoms with Crippen LogP contribution in [0.5, 0.6) is 23.0 Å². The fraction of sp³-hybridized carbons (Fsp3) is 0.550. The third-order valence-electron chi connectivity index (χ3n) is 13.2. The first-order valence-corrected chi connectivity index (χ1v) is 18.2. The molecule has 12 atom stereocenters. The summed E-state index contributed by atoms with van der Waals surface area (Å²) < 4.78 is 22.6. The molecule has 8 aliphatic rings. The quantitative estimate of drug-likeness (QED) is 0.328. The molecule has 48 heavy (non-hydrogen) atoms. The van der Waals surface area contributed by atoms with E-state index in [-0.39, 0.29) is 25.4 Å². The SMILES string of the molecule is CCNC(=O)CC1C(Cc2ccc3c(c2)OCO3)C2C3C=CC(C12)C1C3C=C[C@H]2[C@@H](Cc3ccc4c(c3)OCO4)[C@H](CC(=O)NCC)[C@@H]12. The molecule has 3 saturated carbocycles. The van der Waals surface area contributed by atoms with Crippen LogP contribution in [0.4, 0.5) is 0 Å². The second-order valence-electron chi connectivity index (χ2n) is 15.1. The standard InChI is InChI=1S/C40H46N2O6/c1-3-41-35(43)17-29-27(13-21-5-11-31-33(15-21)47-19-45-31)25-8-7-23-24-9-10-26(37(23)39(25)29)40-30(18-36(44)42-4-2)28(38(24)40)14-22-6-12-32-34(16-22)48-20-46-32/h5-12,15-16,23-30,37-40H,3-4,13-14,17-20H2,1-2H3,(H,41,43)(H,42,44)/t23?,24?,25-,26?,27+,28?,29-,30?,37?,38?,39-,40?/m0/s1. The zero-order valence-corrected chi connectivity index (χ0v) is 27.8. The van der Waals surface area contributed by atoms with Gasteiger partial charge in [-0.3, -0.25) is 9.59 Å². The monoisotopic (exact) mass is 650 g/mol. The molecule has 0 spiro atoms. The van der Waals surface area contributed by atoms with Crippen molar-refractivity contribution in [3.05, 3.63) is 71.8 Å². The maximum absolute atomic E-state index is 13.2. The number of amides is 2. The molecule has 6 aliphatic carbocycles. The minimum absolute atomic E-state index is 0.165. The summed E-state index contributed by atoms with van der Waals surface area (Å²) in [6, 6.07) is 12.7. The number of rotatable bonds is 10. The number of hydrogen-bond acceptors (Lipinski definition) is 6. The number of carbonyl (C=O) groups excluding carboxylic acids is 2. The minimum Gasteiger partial charge on any atom is -0.454 e. The number of hydrogen-bond donors (Lipinski definition) is 2. The Morgan fingerprint density at radius 1 is 0.562 bits per heavy atom. The average Bonchev–Trinajstić information content (AvgIpc) is 3.76.